The van der Waals surface area contributed by atoms with Crippen LogP contribution in [0, 0.1) is 10.1 Å². The average Bonchev–Trinajstić information content (AvgIpc) is 3.07. The number of para-hydroxylation sites is 1. The lowest BCUT2D eigenvalue weighted by Crippen LogP contribution is -2.24. The van der Waals surface area contributed by atoms with E-state index in [0.29, 0.717) is 16.8 Å². The average molecular weight is 429 g/mol. The van der Waals surface area contributed by atoms with Gasteiger partial charge in [-0.25, -0.2) is 4.79 Å². The Bertz CT molecular complexity index is 993. The second kappa shape index (κ2) is 9.43. The minimum absolute atomic E-state index is 0.0224. The Hall–Kier alpha value is -2.67. The van der Waals surface area contributed by atoms with Crippen LogP contribution in [0.3, 0.4) is 0 Å². The van der Waals surface area contributed by atoms with E-state index in [9.17, 15) is 14.9 Å². The predicted octanol–water partition coefficient (Wildman–Crippen LogP) is 5.96. The van der Waals surface area contributed by atoms with Gasteiger partial charge in [0.05, 0.1) is 28.5 Å². The van der Waals surface area contributed by atoms with E-state index in [1.807, 2.05) is 6.92 Å². The molecule has 3 rings (SSSR count). The van der Waals surface area contributed by atoms with Gasteiger partial charge in [-0.3, -0.25) is 10.1 Å². The van der Waals surface area contributed by atoms with E-state index < -0.39 is 11.9 Å². The summed E-state index contributed by atoms with van der Waals surface area (Å²) < 4.78 is 5.10. The Morgan fingerprint density at radius 2 is 1.97 bits per heavy atom. The van der Waals surface area contributed by atoms with Crippen LogP contribution in [-0.2, 0) is 22.4 Å². The molecule has 1 unspecified atom stereocenters. The van der Waals surface area contributed by atoms with Crippen molar-refractivity contribution in [3.8, 4) is 0 Å². The molecule has 160 valence electrons. The molecule has 0 aliphatic carbocycles. The van der Waals surface area contributed by atoms with E-state index in [2.05, 4.69) is 19.2 Å². The van der Waals surface area contributed by atoms with Crippen molar-refractivity contribution < 1.29 is 14.5 Å². The largest absolute Gasteiger partial charge is 0.466 e. The lowest BCUT2D eigenvalue weighted by Gasteiger charge is -2.28. The van der Waals surface area contributed by atoms with E-state index in [0.717, 1.165) is 42.7 Å². The normalized spacial score (nSPS) is 15.5. The summed E-state index contributed by atoms with van der Waals surface area (Å²) in [5.41, 5.74) is 3.90. The Morgan fingerprint density at radius 1 is 1.23 bits per heavy atom. The second-order valence-electron chi connectivity index (χ2n) is 7.50. The smallest absolute Gasteiger partial charge is 0.336 e. The topological polar surface area (TPSA) is 81.5 Å². The molecule has 1 aliphatic heterocycles. The molecule has 1 atom stereocenters. The summed E-state index contributed by atoms with van der Waals surface area (Å²) in [4.78, 5) is 25.6. The third kappa shape index (κ3) is 3.99. The number of rotatable bonds is 8. The number of thiophene rings is 1. The minimum atomic E-state index is -0.524. The molecule has 30 heavy (non-hydrogen) atoms. The van der Waals surface area contributed by atoms with Gasteiger partial charge in [0.2, 0.25) is 0 Å². The van der Waals surface area contributed by atoms with Gasteiger partial charge < -0.3 is 10.1 Å². The summed E-state index contributed by atoms with van der Waals surface area (Å²) in [5.74, 6) is -0.984. The monoisotopic (exact) mass is 428 g/mol. The summed E-state index contributed by atoms with van der Waals surface area (Å²) in [6, 6.07) is 6.71. The lowest BCUT2D eigenvalue weighted by atomic mass is 9.79. The van der Waals surface area contributed by atoms with Crippen LogP contribution in [0.2, 0.25) is 0 Å². The summed E-state index contributed by atoms with van der Waals surface area (Å²) in [7, 11) is 1.35. The quantitative estimate of drug-likeness (QED) is 0.319. The van der Waals surface area contributed by atoms with E-state index >= 15 is 0 Å². The van der Waals surface area contributed by atoms with Crippen LogP contribution in [0.25, 0.3) is 0 Å². The van der Waals surface area contributed by atoms with E-state index in [1.165, 1.54) is 23.6 Å². The number of carbonyl (C=O) groups excluding carboxylic acids is 1. The number of nitro benzene ring substituents is 1. The fourth-order valence-electron chi connectivity index (χ4n) is 4.17. The number of fused-ring (bicyclic) bond motifs is 1. The zero-order valence-corrected chi connectivity index (χ0v) is 18.7. The van der Waals surface area contributed by atoms with Crippen molar-refractivity contribution in [3.05, 3.63) is 67.2 Å². The molecule has 2 heterocycles. The molecule has 6 nitrogen and oxygen atoms in total. The predicted molar refractivity (Wildman–Crippen MR) is 120 cm³/mol. The van der Waals surface area contributed by atoms with Crippen LogP contribution in [0.15, 0.2) is 35.5 Å². The highest BCUT2D eigenvalue weighted by Crippen LogP contribution is 2.51. The number of ether oxygens (including phenoxy) is 1. The van der Waals surface area contributed by atoms with Crippen LogP contribution >= 0.6 is 11.3 Å². The molecule has 0 spiro atoms. The Labute approximate surface area is 181 Å². The first-order valence-corrected chi connectivity index (χ1v) is 11.2. The fraction of sp³-hybridized carbons (Fsp3) is 0.435. The van der Waals surface area contributed by atoms with Gasteiger partial charge in [-0.15, -0.1) is 11.3 Å². The minimum Gasteiger partial charge on any atom is -0.466 e. The third-order valence-electron chi connectivity index (χ3n) is 5.52. The number of aryl methyl sites for hydroxylation is 1. The zero-order chi connectivity index (χ0) is 21.8. The number of hydrogen-bond acceptors (Lipinski definition) is 6. The van der Waals surface area contributed by atoms with Crippen molar-refractivity contribution in [3.63, 3.8) is 0 Å². The van der Waals surface area contributed by atoms with Gasteiger partial charge in [0, 0.05) is 27.8 Å². The lowest BCUT2D eigenvalue weighted by molar-refractivity contribution is -0.385. The maximum absolute atomic E-state index is 12.8. The first-order chi connectivity index (χ1) is 14.4. The van der Waals surface area contributed by atoms with Gasteiger partial charge in [0.1, 0.15) is 0 Å². The van der Waals surface area contributed by atoms with Crippen molar-refractivity contribution in [2.24, 2.45) is 0 Å². The van der Waals surface area contributed by atoms with E-state index in [-0.39, 0.29) is 10.6 Å². The van der Waals surface area contributed by atoms with Crippen LogP contribution in [-0.4, -0.2) is 18.0 Å². The molecular weight excluding hydrogens is 400 g/mol. The molecule has 0 bridgehead atoms. The molecule has 1 aliphatic rings. The SMILES string of the molecule is CCCCc1c(CCC)sc2c1C(c1ccccc1[N+](=O)[O-])C(C(=O)OC)=C(C)N2. The molecule has 0 saturated carbocycles. The van der Waals surface area contributed by atoms with Crippen LogP contribution in [0.5, 0.6) is 0 Å². The second-order valence-corrected chi connectivity index (χ2v) is 8.61. The highest BCUT2D eigenvalue weighted by Gasteiger charge is 2.39. The van der Waals surface area contributed by atoms with Gasteiger partial charge in [-0.2, -0.15) is 0 Å². The number of benzene rings is 1. The van der Waals surface area contributed by atoms with Crippen molar-refractivity contribution in [1.82, 2.24) is 0 Å². The molecular formula is C23H28N2O4S. The maximum Gasteiger partial charge on any atom is 0.336 e. The number of anilines is 1. The molecule has 1 aromatic heterocycles. The van der Waals surface area contributed by atoms with Crippen LogP contribution < -0.4 is 5.32 Å². The molecule has 0 fully saturated rings. The van der Waals surface area contributed by atoms with Crippen LogP contribution in [0.4, 0.5) is 10.7 Å². The van der Waals surface area contributed by atoms with E-state index in [4.69, 9.17) is 4.74 Å². The number of nitro groups is 1. The first-order valence-electron chi connectivity index (χ1n) is 10.4. The number of allylic oxidation sites excluding steroid dienone is 1. The maximum atomic E-state index is 12.8. The summed E-state index contributed by atoms with van der Waals surface area (Å²) in [5, 5.41) is 16.2. The van der Waals surface area contributed by atoms with Crippen LogP contribution in [0.1, 0.15) is 67.5 Å². The summed E-state index contributed by atoms with van der Waals surface area (Å²) in [6.45, 7) is 6.14. The third-order valence-corrected chi connectivity index (χ3v) is 6.74. The molecule has 0 amide bonds. The highest BCUT2D eigenvalue weighted by molar-refractivity contribution is 7.16. The molecule has 0 radical (unpaired) electrons. The van der Waals surface area contributed by atoms with Crippen molar-refractivity contribution in [2.75, 3.05) is 12.4 Å². The van der Waals surface area contributed by atoms with Gasteiger partial charge >= 0.3 is 5.97 Å². The standard InChI is InChI=1S/C23H28N2O4S/c1-5-7-11-16-18(10-6-2)30-22-21(16)20(19(14(3)24-22)23(26)29-4)15-12-8-9-13-17(15)25(27)28/h8-9,12-13,20,24H,5-7,10-11H2,1-4H3. The van der Waals surface area contributed by atoms with Crippen molar-refractivity contribution >= 4 is 28.0 Å². The fourth-order valence-corrected chi connectivity index (χ4v) is 5.61. The van der Waals surface area contributed by atoms with Gasteiger partial charge in [0.15, 0.2) is 0 Å². The van der Waals surface area contributed by atoms with Gasteiger partial charge in [-0.05, 0) is 31.7 Å². The summed E-state index contributed by atoms with van der Waals surface area (Å²) >= 11 is 1.71. The van der Waals surface area contributed by atoms with Crippen molar-refractivity contribution in [2.45, 2.75) is 58.8 Å². The van der Waals surface area contributed by atoms with Crippen molar-refractivity contribution in [1.29, 1.82) is 0 Å². The number of hydrogen-bond donors (Lipinski definition) is 1. The highest BCUT2D eigenvalue weighted by atomic mass is 32.1. The molecule has 2 aromatic rings. The number of nitrogens with zero attached hydrogens (tertiary/aromatic N) is 1. The van der Waals surface area contributed by atoms with E-state index in [1.54, 1.807) is 29.5 Å². The number of esters is 1. The number of methoxy groups -OCH3 is 1. The van der Waals surface area contributed by atoms with Gasteiger partial charge in [0.25, 0.3) is 5.69 Å². The summed E-state index contributed by atoms with van der Waals surface area (Å²) in [6.07, 6.45) is 4.95. The number of unbranched alkanes of at least 4 members (excludes halogenated alkanes) is 1. The Balaban J connectivity index is 2.32. The molecule has 1 N–H and O–H groups in total. The number of nitrogens with one attached hydrogen (secondary N) is 1. The number of carbonyl (C=O) groups is 1. The molecule has 0 saturated heterocycles. The first kappa shape index (κ1) is 22.0. The zero-order valence-electron chi connectivity index (χ0n) is 17.9. The van der Waals surface area contributed by atoms with Gasteiger partial charge in [-0.1, -0.05) is 44.9 Å². The Morgan fingerprint density at radius 3 is 2.60 bits per heavy atom. The Kier molecular flexibility index (Phi) is 6.92. The molecule has 7 heteroatoms. The molecule has 1 aromatic carbocycles.